The molecule has 0 bridgehead atoms. The molecule has 2 aromatic rings. The Kier molecular flexibility index (Phi) is 6.10. The third-order valence-electron chi connectivity index (χ3n) is 4.59. The number of H-pyrrole nitrogens is 1. The summed E-state index contributed by atoms with van der Waals surface area (Å²) in [7, 11) is -3.72. The third-order valence-corrected chi connectivity index (χ3v) is 5.77. The molecular weight excluding hydrogens is 405 g/mol. The van der Waals surface area contributed by atoms with Gasteiger partial charge < -0.3 is 20.1 Å². The van der Waals surface area contributed by atoms with Gasteiger partial charge in [0, 0.05) is 25.3 Å². The van der Waals surface area contributed by atoms with Crippen LogP contribution >= 0.6 is 0 Å². The van der Waals surface area contributed by atoms with Crippen LogP contribution in [-0.2, 0) is 27.7 Å². The van der Waals surface area contributed by atoms with Crippen molar-refractivity contribution in [3.8, 4) is 0 Å². The average Bonchev–Trinajstić information content (AvgIpc) is 3.20. The summed E-state index contributed by atoms with van der Waals surface area (Å²) in [6.45, 7) is -0.0628. The molecule has 29 heavy (non-hydrogen) atoms. The molecule has 1 saturated heterocycles. The van der Waals surface area contributed by atoms with Crippen LogP contribution < -0.4 is 10.9 Å². The highest BCUT2D eigenvalue weighted by atomic mass is 32.2. The lowest BCUT2D eigenvalue weighted by Crippen LogP contribution is -2.31. The molecule has 1 amide bonds. The summed E-state index contributed by atoms with van der Waals surface area (Å²) in [6, 6.07) is 3.21. The van der Waals surface area contributed by atoms with Gasteiger partial charge >= 0.3 is 0 Å². The second-order valence-electron chi connectivity index (χ2n) is 6.70. The van der Waals surface area contributed by atoms with Crippen LogP contribution in [0.4, 0.5) is 4.39 Å². The fourth-order valence-electron chi connectivity index (χ4n) is 3.07. The number of aromatic nitrogens is 2. The Morgan fingerprint density at radius 1 is 1.45 bits per heavy atom. The molecule has 0 aliphatic carbocycles. The lowest BCUT2D eigenvalue weighted by molar-refractivity contribution is 0.0941. The first-order valence-electron chi connectivity index (χ1n) is 8.79. The molecule has 1 aliphatic rings. The summed E-state index contributed by atoms with van der Waals surface area (Å²) in [4.78, 5) is 31.4. The van der Waals surface area contributed by atoms with Crippen LogP contribution in [-0.4, -0.2) is 48.9 Å². The van der Waals surface area contributed by atoms with Crippen molar-refractivity contribution in [2.75, 3.05) is 19.5 Å². The summed E-state index contributed by atoms with van der Waals surface area (Å²) in [5.74, 6) is -1.36. The monoisotopic (exact) mass is 425 g/mol. The number of hydrogen-bond donors (Lipinski definition) is 3. The van der Waals surface area contributed by atoms with Gasteiger partial charge in [-0.25, -0.2) is 17.8 Å². The van der Waals surface area contributed by atoms with E-state index in [-0.39, 0.29) is 40.0 Å². The van der Waals surface area contributed by atoms with Crippen molar-refractivity contribution in [1.29, 1.82) is 0 Å². The minimum Gasteiger partial charge on any atom is -0.391 e. The standard InChI is InChI=1S/C18H20FN3O6S/c1-29(26,27)14-6-12(19)3-2-10(14)7-20-18(25)15-13(8-23)17(24)22-16(21-15)11-4-5-28-9-11/h2-3,6,11,23H,4-5,7-9H2,1H3,(H,20,25)(H,21,22,24). The molecule has 9 nitrogen and oxygen atoms in total. The third kappa shape index (κ3) is 4.69. The number of aromatic amines is 1. The SMILES string of the molecule is CS(=O)(=O)c1cc(F)ccc1CNC(=O)c1nc(C2CCOC2)[nH]c(=O)c1CO. The number of nitrogens with zero attached hydrogens (tertiary/aromatic N) is 1. The van der Waals surface area contributed by atoms with Gasteiger partial charge in [-0.1, -0.05) is 6.07 Å². The molecule has 1 atom stereocenters. The molecular formula is C18H20FN3O6S. The van der Waals surface area contributed by atoms with Crippen LogP contribution in [0.5, 0.6) is 0 Å². The Labute approximate surface area is 165 Å². The van der Waals surface area contributed by atoms with Gasteiger partial charge in [0.2, 0.25) is 0 Å². The van der Waals surface area contributed by atoms with Crippen LogP contribution in [0.25, 0.3) is 0 Å². The van der Waals surface area contributed by atoms with Crippen molar-refractivity contribution in [2.45, 2.75) is 30.4 Å². The van der Waals surface area contributed by atoms with E-state index in [1.807, 2.05) is 0 Å². The normalized spacial score (nSPS) is 16.7. The van der Waals surface area contributed by atoms with E-state index < -0.39 is 33.7 Å². The number of benzene rings is 1. The summed E-state index contributed by atoms with van der Waals surface area (Å²) in [5, 5.41) is 12.0. The van der Waals surface area contributed by atoms with E-state index in [9.17, 15) is 27.5 Å². The lowest BCUT2D eigenvalue weighted by Gasteiger charge is -2.13. The molecule has 11 heteroatoms. The number of aliphatic hydroxyl groups excluding tert-OH is 1. The molecule has 3 N–H and O–H groups in total. The number of halogens is 1. The maximum absolute atomic E-state index is 13.4. The van der Waals surface area contributed by atoms with Crippen molar-refractivity contribution in [1.82, 2.24) is 15.3 Å². The second-order valence-corrected chi connectivity index (χ2v) is 8.69. The Bertz CT molecular complexity index is 1090. The van der Waals surface area contributed by atoms with Crippen molar-refractivity contribution in [2.24, 2.45) is 0 Å². The zero-order chi connectivity index (χ0) is 21.2. The number of amides is 1. The van der Waals surface area contributed by atoms with Gasteiger partial charge in [-0.2, -0.15) is 0 Å². The Hall–Kier alpha value is -2.63. The molecule has 0 radical (unpaired) electrons. The van der Waals surface area contributed by atoms with E-state index >= 15 is 0 Å². The van der Waals surface area contributed by atoms with Crippen LogP contribution in [0.15, 0.2) is 27.9 Å². The first-order valence-corrected chi connectivity index (χ1v) is 10.7. The Morgan fingerprint density at radius 3 is 2.83 bits per heavy atom. The summed E-state index contributed by atoms with van der Waals surface area (Å²) < 4.78 is 42.5. The smallest absolute Gasteiger partial charge is 0.270 e. The van der Waals surface area contributed by atoms with Gasteiger partial charge in [-0.05, 0) is 24.1 Å². The molecule has 1 aliphatic heterocycles. The van der Waals surface area contributed by atoms with E-state index in [0.717, 1.165) is 18.4 Å². The molecule has 0 saturated carbocycles. The lowest BCUT2D eigenvalue weighted by atomic mass is 10.1. The maximum Gasteiger partial charge on any atom is 0.270 e. The molecule has 3 rings (SSSR count). The van der Waals surface area contributed by atoms with Crippen molar-refractivity contribution in [3.05, 3.63) is 57.0 Å². The molecule has 1 unspecified atom stereocenters. The van der Waals surface area contributed by atoms with Gasteiger partial charge in [-0.15, -0.1) is 0 Å². The van der Waals surface area contributed by atoms with Crippen LogP contribution in [0, 0.1) is 5.82 Å². The number of carbonyl (C=O) groups is 1. The summed E-state index contributed by atoms with van der Waals surface area (Å²) in [6.07, 6.45) is 1.57. The van der Waals surface area contributed by atoms with E-state index in [2.05, 4.69) is 15.3 Å². The molecule has 1 aromatic carbocycles. The number of ether oxygens (including phenoxy) is 1. The van der Waals surface area contributed by atoms with Crippen LogP contribution in [0.3, 0.4) is 0 Å². The van der Waals surface area contributed by atoms with E-state index in [4.69, 9.17) is 4.74 Å². The fraction of sp³-hybridized carbons (Fsp3) is 0.389. The van der Waals surface area contributed by atoms with Gasteiger partial charge in [0.1, 0.15) is 17.3 Å². The van der Waals surface area contributed by atoms with E-state index in [0.29, 0.717) is 19.6 Å². The van der Waals surface area contributed by atoms with E-state index in [1.54, 1.807) is 0 Å². The fourth-order valence-corrected chi connectivity index (χ4v) is 4.02. The highest BCUT2D eigenvalue weighted by Gasteiger charge is 2.25. The maximum atomic E-state index is 13.4. The molecule has 156 valence electrons. The van der Waals surface area contributed by atoms with Crippen molar-refractivity contribution in [3.63, 3.8) is 0 Å². The highest BCUT2D eigenvalue weighted by molar-refractivity contribution is 7.90. The predicted octanol–water partition coefficient (Wildman–Crippen LogP) is 0.239. The Morgan fingerprint density at radius 2 is 2.21 bits per heavy atom. The average molecular weight is 425 g/mol. The quantitative estimate of drug-likeness (QED) is 0.602. The van der Waals surface area contributed by atoms with Crippen LogP contribution in [0.2, 0.25) is 0 Å². The second kappa shape index (κ2) is 8.39. The Balaban J connectivity index is 1.89. The van der Waals surface area contributed by atoms with Gasteiger partial charge in [0.15, 0.2) is 9.84 Å². The number of rotatable bonds is 6. The summed E-state index contributed by atoms with van der Waals surface area (Å²) >= 11 is 0. The number of nitrogens with one attached hydrogen (secondary N) is 2. The minimum absolute atomic E-state index is 0.170. The number of sulfone groups is 1. The molecule has 1 fully saturated rings. The zero-order valence-electron chi connectivity index (χ0n) is 15.6. The number of aliphatic hydroxyl groups is 1. The largest absolute Gasteiger partial charge is 0.391 e. The number of hydrogen-bond acceptors (Lipinski definition) is 7. The van der Waals surface area contributed by atoms with Crippen molar-refractivity contribution < 1.29 is 27.4 Å². The summed E-state index contributed by atoms with van der Waals surface area (Å²) in [5.41, 5.74) is -0.899. The first-order chi connectivity index (χ1) is 13.7. The predicted molar refractivity (Wildman–Crippen MR) is 99.6 cm³/mol. The zero-order valence-corrected chi connectivity index (χ0v) is 16.4. The minimum atomic E-state index is -3.72. The molecule has 2 heterocycles. The topological polar surface area (TPSA) is 138 Å². The van der Waals surface area contributed by atoms with E-state index in [1.165, 1.54) is 6.07 Å². The van der Waals surface area contributed by atoms with Gasteiger partial charge in [-0.3, -0.25) is 9.59 Å². The first kappa shape index (κ1) is 21.1. The molecule has 1 aromatic heterocycles. The highest BCUT2D eigenvalue weighted by Crippen LogP contribution is 2.22. The number of carbonyl (C=O) groups excluding carboxylic acids is 1. The van der Waals surface area contributed by atoms with Gasteiger partial charge in [0.25, 0.3) is 11.5 Å². The van der Waals surface area contributed by atoms with Crippen LogP contribution in [0.1, 0.15) is 39.8 Å². The molecule has 0 spiro atoms. The van der Waals surface area contributed by atoms with Crippen molar-refractivity contribution >= 4 is 15.7 Å². The van der Waals surface area contributed by atoms with Gasteiger partial charge in [0.05, 0.1) is 23.7 Å².